The summed E-state index contributed by atoms with van der Waals surface area (Å²) >= 11 is 6.51. The Balaban J connectivity index is 1.74. The summed E-state index contributed by atoms with van der Waals surface area (Å²) in [5.74, 6) is 0.581. The fourth-order valence-corrected chi connectivity index (χ4v) is 5.72. The molecule has 1 aliphatic rings. The maximum atomic E-state index is 13.2. The number of hydrogen-bond donors (Lipinski definition) is 3. The molecule has 0 spiro atoms. The number of amides is 1. The van der Waals surface area contributed by atoms with E-state index in [-0.39, 0.29) is 18.0 Å². The predicted octanol–water partition coefficient (Wildman–Crippen LogP) is 5.40. The number of halogens is 1. The monoisotopic (exact) mass is 500 g/mol. The van der Waals surface area contributed by atoms with Crippen molar-refractivity contribution in [3.63, 3.8) is 0 Å². The van der Waals surface area contributed by atoms with E-state index < -0.39 is 0 Å². The van der Waals surface area contributed by atoms with Crippen LogP contribution in [-0.4, -0.2) is 30.0 Å². The van der Waals surface area contributed by atoms with Gasteiger partial charge in [0.1, 0.15) is 0 Å². The third-order valence-corrected chi connectivity index (χ3v) is 7.70. The first-order valence-corrected chi connectivity index (χ1v) is 13.4. The van der Waals surface area contributed by atoms with E-state index in [2.05, 4.69) is 22.1 Å². The van der Waals surface area contributed by atoms with Crippen molar-refractivity contribution < 1.29 is 4.79 Å². The lowest BCUT2D eigenvalue weighted by Crippen LogP contribution is -2.39. The van der Waals surface area contributed by atoms with Gasteiger partial charge in [-0.25, -0.2) is 0 Å². The molecule has 1 heterocycles. The van der Waals surface area contributed by atoms with Gasteiger partial charge in [-0.1, -0.05) is 24.4 Å². The van der Waals surface area contributed by atoms with Gasteiger partial charge in [-0.15, -0.1) is 0 Å². The highest BCUT2D eigenvalue weighted by Crippen LogP contribution is 2.36. The van der Waals surface area contributed by atoms with Crippen LogP contribution in [0.25, 0.3) is 0 Å². The molecule has 1 saturated carbocycles. The molecule has 3 rings (SSSR count). The highest BCUT2D eigenvalue weighted by Gasteiger charge is 2.27. The van der Waals surface area contributed by atoms with Gasteiger partial charge >= 0.3 is 0 Å². The van der Waals surface area contributed by atoms with E-state index in [4.69, 9.17) is 17.3 Å². The van der Waals surface area contributed by atoms with Crippen LogP contribution in [0.15, 0.2) is 23.0 Å². The number of hydrogen-bond acceptors (Lipinski definition) is 4. The van der Waals surface area contributed by atoms with Crippen molar-refractivity contribution in [2.75, 3.05) is 18.0 Å². The number of H-pyrrole nitrogens is 1. The Morgan fingerprint density at radius 3 is 2.49 bits per heavy atom. The summed E-state index contributed by atoms with van der Waals surface area (Å²) in [4.78, 5) is 30.8. The van der Waals surface area contributed by atoms with Crippen molar-refractivity contribution in [2.24, 2.45) is 11.7 Å². The van der Waals surface area contributed by atoms with Crippen LogP contribution >= 0.6 is 11.6 Å². The van der Waals surface area contributed by atoms with Gasteiger partial charge in [-0.3, -0.25) is 9.59 Å². The Bertz CT molecular complexity index is 1070. The summed E-state index contributed by atoms with van der Waals surface area (Å²) in [6, 6.07) is 6.08. The number of aromatic amines is 1. The zero-order valence-electron chi connectivity index (χ0n) is 21.7. The Morgan fingerprint density at radius 2 is 1.86 bits per heavy atom. The summed E-state index contributed by atoms with van der Waals surface area (Å²) in [5.41, 5.74) is 10.2. The van der Waals surface area contributed by atoms with Crippen LogP contribution in [0.1, 0.15) is 84.6 Å². The van der Waals surface area contributed by atoms with Gasteiger partial charge in [0.15, 0.2) is 0 Å². The SMILES string of the molecule is CCN(c1cc(Cl)cc(C(=O)NCc2c(C)cc(C)[nH]c2=O)c1C)C1CCC(CCCCN)CC1. The smallest absolute Gasteiger partial charge is 0.253 e. The summed E-state index contributed by atoms with van der Waals surface area (Å²) in [6.45, 7) is 9.71. The number of aromatic nitrogens is 1. The molecule has 1 aromatic heterocycles. The molecule has 0 atom stereocenters. The van der Waals surface area contributed by atoms with Gasteiger partial charge in [0.25, 0.3) is 11.5 Å². The second-order valence-corrected chi connectivity index (χ2v) is 10.4. The lowest BCUT2D eigenvalue weighted by molar-refractivity contribution is 0.0950. The second-order valence-electron chi connectivity index (χ2n) is 9.97. The highest BCUT2D eigenvalue weighted by molar-refractivity contribution is 6.31. The molecule has 2 aromatic rings. The lowest BCUT2D eigenvalue weighted by Gasteiger charge is -2.39. The summed E-state index contributed by atoms with van der Waals surface area (Å²) in [7, 11) is 0. The van der Waals surface area contributed by atoms with Crippen LogP contribution < -0.4 is 21.5 Å². The van der Waals surface area contributed by atoms with Gasteiger partial charge in [-0.2, -0.15) is 0 Å². The second kappa shape index (κ2) is 12.6. The molecule has 1 amide bonds. The number of carbonyl (C=O) groups excluding carboxylic acids is 1. The largest absolute Gasteiger partial charge is 0.369 e. The van der Waals surface area contributed by atoms with E-state index in [0.717, 1.165) is 60.8 Å². The maximum absolute atomic E-state index is 13.2. The average molecular weight is 501 g/mol. The Hall–Kier alpha value is -2.31. The van der Waals surface area contributed by atoms with Crippen LogP contribution in [0.4, 0.5) is 5.69 Å². The topological polar surface area (TPSA) is 91.2 Å². The molecule has 4 N–H and O–H groups in total. The van der Waals surface area contributed by atoms with Crippen molar-refractivity contribution in [3.8, 4) is 0 Å². The molecule has 0 aliphatic heterocycles. The lowest BCUT2D eigenvalue weighted by atomic mass is 9.82. The van der Waals surface area contributed by atoms with E-state index in [0.29, 0.717) is 22.2 Å². The Labute approximate surface area is 214 Å². The number of nitrogens with two attached hydrogens (primary N) is 1. The van der Waals surface area contributed by atoms with Crippen molar-refractivity contribution in [1.29, 1.82) is 0 Å². The first-order chi connectivity index (χ1) is 16.7. The minimum atomic E-state index is -0.217. The molecule has 1 aliphatic carbocycles. The van der Waals surface area contributed by atoms with Gasteiger partial charge in [0, 0.05) is 46.7 Å². The molecular formula is C28H41ClN4O2. The number of unbranched alkanes of at least 4 members (excludes halogenated alkanes) is 1. The molecule has 1 aromatic carbocycles. The highest BCUT2D eigenvalue weighted by atomic mass is 35.5. The van der Waals surface area contributed by atoms with Crippen molar-refractivity contribution in [1.82, 2.24) is 10.3 Å². The van der Waals surface area contributed by atoms with E-state index in [1.54, 1.807) is 6.07 Å². The van der Waals surface area contributed by atoms with Gasteiger partial charge in [-0.05, 0) is 102 Å². The first-order valence-electron chi connectivity index (χ1n) is 13.0. The summed E-state index contributed by atoms with van der Waals surface area (Å²) in [6.07, 6.45) is 8.41. The molecule has 0 unspecified atom stereocenters. The molecular weight excluding hydrogens is 460 g/mol. The quantitative estimate of drug-likeness (QED) is 0.381. The van der Waals surface area contributed by atoms with Crippen LogP contribution in [0.2, 0.25) is 5.02 Å². The molecule has 192 valence electrons. The maximum Gasteiger partial charge on any atom is 0.253 e. The number of aryl methyl sites for hydroxylation is 2. The number of nitrogens with zero attached hydrogens (tertiary/aromatic N) is 1. The van der Waals surface area contributed by atoms with E-state index in [1.165, 1.54) is 25.7 Å². The molecule has 6 nitrogen and oxygen atoms in total. The van der Waals surface area contributed by atoms with E-state index in [9.17, 15) is 9.59 Å². The van der Waals surface area contributed by atoms with Crippen LogP contribution in [0.5, 0.6) is 0 Å². The van der Waals surface area contributed by atoms with Crippen molar-refractivity contribution in [3.05, 3.63) is 61.5 Å². The number of benzene rings is 1. The fraction of sp³-hybridized carbons (Fsp3) is 0.571. The summed E-state index contributed by atoms with van der Waals surface area (Å²) in [5, 5.41) is 3.48. The molecule has 0 radical (unpaired) electrons. The molecule has 0 saturated heterocycles. The number of rotatable bonds is 10. The standard InChI is InChI=1S/C28H41ClN4O2/c1-5-33(23-11-9-21(10-12-23)8-6-7-13-30)26-16-22(29)15-24(20(26)4)27(34)31-17-25-18(2)14-19(3)32-28(25)35/h14-16,21,23H,5-13,17,30H2,1-4H3,(H,31,34)(H,32,35). The van der Waals surface area contributed by atoms with Gasteiger partial charge < -0.3 is 20.9 Å². The van der Waals surface area contributed by atoms with Crippen molar-refractivity contribution in [2.45, 2.75) is 85.2 Å². The van der Waals surface area contributed by atoms with E-state index in [1.807, 2.05) is 32.9 Å². The zero-order valence-corrected chi connectivity index (χ0v) is 22.4. The molecule has 0 bridgehead atoms. The normalized spacial score (nSPS) is 17.9. The number of nitrogens with one attached hydrogen (secondary N) is 2. The number of pyridine rings is 1. The fourth-order valence-electron chi connectivity index (χ4n) is 5.51. The van der Waals surface area contributed by atoms with Crippen LogP contribution in [0, 0.1) is 26.7 Å². The predicted molar refractivity (Wildman–Crippen MR) is 146 cm³/mol. The van der Waals surface area contributed by atoms with Crippen molar-refractivity contribution >= 4 is 23.2 Å². The number of anilines is 1. The van der Waals surface area contributed by atoms with Crippen LogP contribution in [0.3, 0.4) is 0 Å². The Kier molecular flexibility index (Phi) is 9.81. The van der Waals surface area contributed by atoms with Crippen LogP contribution in [-0.2, 0) is 6.54 Å². The molecule has 1 fully saturated rings. The van der Waals surface area contributed by atoms with Gasteiger partial charge in [0.05, 0.1) is 0 Å². The Morgan fingerprint density at radius 1 is 1.14 bits per heavy atom. The molecule has 7 heteroatoms. The third kappa shape index (κ3) is 6.89. The summed E-state index contributed by atoms with van der Waals surface area (Å²) < 4.78 is 0. The average Bonchev–Trinajstić information content (AvgIpc) is 2.81. The first kappa shape index (κ1) is 27.3. The minimum Gasteiger partial charge on any atom is -0.369 e. The minimum absolute atomic E-state index is 0.165. The number of carbonyl (C=O) groups is 1. The third-order valence-electron chi connectivity index (χ3n) is 7.48. The van der Waals surface area contributed by atoms with Gasteiger partial charge in [0.2, 0.25) is 0 Å². The van der Waals surface area contributed by atoms with E-state index >= 15 is 0 Å². The molecule has 35 heavy (non-hydrogen) atoms. The zero-order chi connectivity index (χ0) is 25.5.